The van der Waals surface area contributed by atoms with Crippen molar-refractivity contribution < 1.29 is 9.16 Å². The Morgan fingerprint density at radius 3 is 1.82 bits per heavy atom. The number of hydrogen-bond acceptors (Lipinski definition) is 2. The Kier molecular flexibility index (Phi) is 5.41. The maximum atomic E-state index is 7.53. The summed E-state index contributed by atoms with van der Waals surface area (Å²) in [5.74, 6) is 1.49. The maximum Gasteiger partial charge on any atom is 0.184 e. The van der Waals surface area contributed by atoms with Crippen molar-refractivity contribution in [3.8, 4) is 5.75 Å². The molecule has 0 aromatic heterocycles. The van der Waals surface area contributed by atoms with Crippen molar-refractivity contribution in [3.63, 3.8) is 0 Å². The zero-order valence-electron chi connectivity index (χ0n) is 19.6. The molecule has 0 radical (unpaired) electrons. The SMILES string of the molecule is COc1ccc([C@]2(O[Si](C)(C)C)[C@@H]3C=C[C@@H](C3)[Si]2([Si](C)(C)C)[Si](C)(C)C)cc1. The summed E-state index contributed by atoms with van der Waals surface area (Å²) >= 11 is 0. The molecular weight excluding hydrogens is 409 g/mol. The average molecular weight is 449 g/mol. The van der Waals surface area contributed by atoms with Crippen LogP contribution in [0.2, 0.25) is 64.5 Å². The number of allylic oxidation sites excluding steroid dienone is 1. The molecule has 0 saturated carbocycles. The first kappa shape index (κ1) is 22.3. The van der Waals surface area contributed by atoms with Gasteiger partial charge in [-0.25, -0.2) is 0 Å². The number of rotatable bonds is 6. The molecule has 2 bridgehead atoms. The van der Waals surface area contributed by atoms with Crippen LogP contribution in [-0.2, 0) is 9.65 Å². The molecule has 1 heterocycles. The van der Waals surface area contributed by atoms with E-state index in [2.05, 4.69) is 95.3 Å². The molecule has 1 aliphatic carbocycles. The van der Waals surface area contributed by atoms with Crippen LogP contribution in [0.1, 0.15) is 12.0 Å². The van der Waals surface area contributed by atoms with E-state index in [1.165, 1.54) is 12.0 Å². The lowest BCUT2D eigenvalue weighted by atomic mass is 9.95. The summed E-state index contributed by atoms with van der Waals surface area (Å²) in [5.41, 5.74) is 2.23. The van der Waals surface area contributed by atoms with Gasteiger partial charge in [0.15, 0.2) is 8.32 Å². The molecule has 28 heavy (non-hydrogen) atoms. The van der Waals surface area contributed by atoms with Crippen LogP contribution in [0.3, 0.4) is 0 Å². The summed E-state index contributed by atoms with van der Waals surface area (Å²) in [6.07, 6.45) is 6.47. The Bertz CT molecular complexity index is 739. The minimum absolute atomic E-state index is 0.0574. The van der Waals surface area contributed by atoms with E-state index in [1.807, 2.05) is 0 Å². The summed E-state index contributed by atoms with van der Waals surface area (Å²) in [4.78, 5) is 0. The summed E-state index contributed by atoms with van der Waals surface area (Å²) < 4.78 is 13.0. The number of fused-ring (bicyclic) bond motifs is 2. The molecule has 1 fully saturated rings. The van der Waals surface area contributed by atoms with Gasteiger partial charge in [0.25, 0.3) is 0 Å². The highest BCUT2D eigenvalue weighted by molar-refractivity contribution is 7.70. The summed E-state index contributed by atoms with van der Waals surface area (Å²) in [7, 11) is -4.80. The van der Waals surface area contributed by atoms with Gasteiger partial charge in [0, 0.05) is 21.1 Å². The van der Waals surface area contributed by atoms with Crippen molar-refractivity contribution in [1.82, 2.24) is 0 Å². The minimum atomic E-state index is -1.81. The Morgan fingerprint density at radius 2 is 1.39 bits per heavy atom. The van der Waals surface area contributed by atoms with E-state index in [0.29, 0.717) is 5.92 Å². The largest absolute Gasteiger partial charge is 0.497 e. The van der Waals surface area contributed by atoms with Gasteiger partial charge in [0.2, 0.25) is 0 Å². The fourth-order valence-electron chi connectivity index (χ4n) is 7.22. The van der Waals surface area contributed by atoms with Gasteiger partial charge in [-0.15, -0.1) is 0 Å². The lowest BCUT2D eigenvalue weighted by molar-refractivity contribution is 0.105. The van der Waals surface area contributed by atoms with Gasteiger partial charge in [0.05, 0.1) is 19.4 Å². The fraction of sp³-hybridized carbons (Fsp3) is 0.636. The van der Waals surface area contributed by atoms with Crippen LogP contribution in [-0.4, -0.2) is 37.7 Å². The average Bonchev–Trinajstić information content (AvgIpc) is 3.10. The topological polar surface area (TPSA) is 18.5 Å². The molecule has 0 spiro atoms. The fourth-order valence-corrected chi connectivity index (χ4v) is 64.2. The zero-order chi connectivity index (χ0) is 21.2. The van der Waals surface area contributed by atoms with E-state index in [4.69, 9.17) is 9.16 Å². The highest BCUT2D eigenvalue weighted by Gasteiger charge is 2.77. The number of methoxy groups -OCH3 is 1. The Hall–Kier alpha value is -0.412. The van der Waals surface area contributed by atoms with Crippen LogP contribution in [0.25, 0.3) is 0 Å². The molecule has 3 rings (SSSR count). The monoisotopic (exact) mass is 448 g/mol. The number of hydrogen-bond donors (Lipinski definition) is 0. The molecule has 6 heteroatoms. The summed E-state index contributed by atoms with van der Waals surface area (Å²) in [6.45, 7) is 23.2. The smallest absolute Gasteiger partial charge is 0.184 e. The molecular formula is C22H40O2Si4. The molecule has 1 aromatic rings. The molecule has 1 aliphatic heterocycles. The first-order chi connectivity index (χ1) is 12.7. The van der Waals surface area contributed by atoms with Crippen LogP contribution >= 0.6 is 0 Å². The van der Waals surface area contributed by atoms with E-state index in [1.54, 1.807) is 7.11 Å². The van der Waals surface area contributed by atoms with Crippen LogP contribution in [0.4, 0.5) is 0 Å². The van der Waals surface area contributed by atoms with E-state index >= 15 is 0 Å². The molecule has 3 atom stereocenters. The molecule has 2 aliphatic rings. The van der Waals surface area contributed by atoms with Gasteiger partial charge in [-0.05, 0) is 49.3 Å². The first-order valence-electron chi connectivity index (χ1n) is 10.7. The standard InChI is InChI=1S/C22H40O2Si4/c1-23-20-14-11-18(12-15-20)22(24-25(2,3)4)19-13-16-21(17-19)28(22,26(5,6)7)27(8,9)10/h11-16,19,21H,17H2,1-10H3/t19-,21+,22-/m1/s1. The van der Waals surface area contributed by atoms with Crippen molar-refractivity contribution >= 4 is 30.6 Å². The van der Waals surface area contributed by atoms with Crippen molar-refractivity contribution in [2.75, 3.05) is 7.11 Å². The molecule has 1 saturated heterocycles. The lowest BCUT2D eigenvalue weighted by Gasteiger charge is -2.63. The van der Waals surface area contributed by atoms with Crippen LogP contribution in [0.15, 0.2) is 36.4 Å². The molecule has 0 N–H and O–H groups in total. The van der Waals surface area contributed by atoms with Crippen LogP contribution in [0.5, 0.6) is 5.75 Å². The van der Waals surface area contributed by atoms with Gasteiger partial charge >= 0.3 is 0 Å². The zero-order valence-corrected chi connectivity index (χ0v) is 23.6. The second-order valence-corrected chi connectivity index (χ2v) is 43.6. The summed E-state index contributed by atoms with van der Waals surface area (Å²) in [6, 6.07) is 9.01. The molecule has 156 valence electrons. The predicted molar refractivity (Wildman–Crippen MR) is 133 cm³/mol. The Balaban J connectivity index is 2.39. The van der Waals surface area contributed by atoms with Crippen LogP contribution in [0, 0.1) is 5.92 Å². The lowest BCUT2D eigenvalue weighted by Crippen LogP contribution is -2.83. The van der Waals surface area contributed by atoms with Crippen molar-refractivity contribution in [2.45, 2.75) is 76.1 Å². The van der Waals surface area contributed by atoms with Gasteiger partial charge in [-0.1, -0.05) is 63.6 Å². The summed E-state index contributed by atoms with van der Waals surface area (Å²) in [5, 5.41) is -0.0574. The van der Waals surface area contributed by atoms with Gasteiger partial charge < -0.3 is 9.16 Å². The second kappa shape index (κ2) is 6.80. The van der Waals surface area contributed by atoms with Crippen molar-refractivity contribution in [2.24, 2.45) is 5.92 Å². The second-order valence-electron chi connectivity index (χ2n) is 11.8. The van der Waals surface area contributed by atoms with Gasteiger partial charge in [-0.2, -0.15) is 0 Å². The molecule has 0 amide bonds. The molecule has 1 aromatic carbocycles. The third-order valence-corrected chi connectivity index (χ3v) is 48.6. The Morgan fingerprint density at radius 1 is 0.857 bits per heavy atom. The maximum absolute atomic E-state index is 7.53. The highest BCUT2D eigenvalue weighted by Crippen LogP contribution is 2.67. The van der Waals surface area contributed by atoms with E-state index in [9.17, 15) is 0 Å². The van der Waals surface area contributed by atoms with Crippen molar-refractivity contribution in [3.05, 3.63) is 42.0 Å². The number of benzene rings is 1. The quantitative estimate of drug-likeness (QED) is 0.364. The van der Waals surface area contributed by atoms with E-state index in [-0.39, 0.29) is 5.22 Å². The molecule has 2 nitrogen and oxygen atoms in total. The third kappa shape index (κ3) is 3.02. The third-order valence-electron chi connectivity index (χ3n) is 7.10. The normalized spacial score (nSPS) is 29.4. The van der Waals surface area contributed by atoms with Gasteiger partial charge in [0.1, 0.15) is 5.75 Å². The first-order valence-corrected chi connectivity index (χ1v) is 25.2. The predicted octanol–water partition coefficient (Wildman–Crippen LogP) is 6.52. The highest BCUT2D eigenvalue weighted by atomic mass is 29.6. The van der Waals surface area contributed by atoms with Crippen LogP contribution < -0.4 is 4.74 Å². The minimum Gasteiger partial charge on any atom is -0.497 e. The van der Waals surface area contributed by atoms with Gasteiger partial charge in [-0.3, -0.25) is 0 Å². The molecule has 0 unspecified atom stereocenters. The van der Waals surface area contributed by atoms with E-state index < -0.39 is 30.6 Å². The van der Waals surface area contributed by atoms with Crippen molar-refractivity contribution in [1.29, 1.82) is 0 Å². The number of ether oxygens (including phenoxy) is 1. The Labute approximate surface area is 176 Å². The van der Waals surface area contributed by atoms with E-state index in [0.717, 1.165) is 11.3 Å².